The fraction of sp³-hybridized carbons (Fsp3) is 0.0714. The van der Waals surface area contributed by atoms with Gasteiger partial charge in [-0.2, -0.15) is 0 Å². The van der Waals surface area contributed by atoms with Crippen LogP contribution < -0.4 is 5.32 Å². The number of halogens is 1. The number of rotatable bonds is 7. The number of fused-ring (bicyclic) bond motifs is 1. The topological polar surface area (TPSA) is 101 Å². The number of anilines is 1. The lowest BCUT2D eigenvalue weighted by Gasteiger charge is -2.08. The van der Waals surface area contributed by atoms with E-state index in [1.807, 2.05) is 59.1 Å². The second-order valence-electron chi connectivity index (χ2n) is 8.40. The van der Waals surface area contributed by atoms with Crippen molar-refractivity contribution in [2.75, 3.05) is 5.32 Å². The minimum atomic E-state index is -0.326. The van der Waals surface area contributed by atoms with Crippen molar-refractivity contribution in [2.45, 2.75) is 13.2 Å². The van der Waals surface area contributed by atoms with Crippen molar-refractivity contribution in [3.63, 3.8) is 0 Å². The first kappa shape index (κ1) is 22.6. The SMILES string of the molecule is OCc1ccn2c(-c3ccnc(NCc4cc(-c5ccccc5)on4)n3)c(-c3ccc(F)cc3)nc2c1. The number of imidazole rings is 1. The lowest BCUT2D eigenvalue weighted by atomic mass is 10.1. The number of aliphatic hydroxyl groups excluding tert-OH is 1. The van der Waals surface area contributed by atoms with Gasteiger partial charge in [-0.05, 0) is 48.0 Å². The molecule has 0 atom stereocenters. The zero-order chi connectivity index (χ0) is 25.2. The molecule has 0 radical (unpaired) electrons. The molecule has 6 rings (SSSR count). The molecule has 0 fully saturated rings. The predicted molar refractivity (Wildman–Crippen MR) is 137 cm³/mol. The second kappa shape index (κ2) is 9.63. The molecule has 182 valence electrons. The number of nitrogens with zero attached hydrogens (tertiary/aromatic N) is 5. The Hall–Kier alpha value is -4.89. The average molecular weight is 493 g/mol. The smallest absolute Gasteiger partial charge is 0.223 e. The van der Waals surface area contributed by atoms with E-state index in [2.05, 4.69) is 15.5 Å². The Kier molecular flexibility index (Phi) is 5.88. The van der Waals surface area contributed by atoms with Crippen LogP contribution in [0.1, 0.15) is 11.3 Å². The van der Waals surface area contributed by atoms with Crippen LogP contribution in [0.4, 0.5) is 10.3 Å². The van der Waals surface area contributed by atoms with Gasteiger partial charge >= 0.3 is 0 Å². The maximum atomic E-state index is 13.6. The first-order chi connectivity index (χ1) is 18.2. The minimum absolute atomic E-state index is 0.0970. The van der Waals surface area contributed by atoms with Crippen LogP contribution in [0.15, 0.2) is 95.8 Å². The van der Waals surface area contributed by atoms with Crippen LogP contribution in [-0.4, -0.2) is 29.6 Å². The second-order valence-corrected chi connectivity index (χ2v) is 8.40. The summed E-state index contributed by atoms with van der Waals surface area (Å²) in [6, 6.07) is 23.2. The normalized spacial score (nSPS) is 11.2. The van der Waals surface area contributed by atoms with Crippen molar-refractivity contribution in [2.24, 2.45) is 0 Å². The Morgan fingerprint density at radius 2 is 1.76 bits per heavy atom. The summed E-state index contributed by atoms with van der Waals surface area (Å²) in [7, 11) is 0. The van der Waals surface area contributed by atoms with Gasteiger partial charge in [0.25, 0.3) is 0 Å². The first-order valence-corrected chi connectivity index (χ1v) is 11.6. The highest BCUT2D eigenvalue weighted by molar-refractivity contribution is 5.80. The molecule has 0 aliphatic carbocycles. The van der Waals surface area contributed by atoms with Gasteiger partial charge in [0.2, 0.25) is 5.95 Å². The molecular weight excluding hydrogens is 471 g/mol. The molecular formula is C28H21FN6O2. The van der Waals surface area contributed by atoms with Gasteiger partial charge in [-0.25, -0.2) is 19.3 Å². The average Bonchev–Trinajstić information content (AvgIpc) is 3.58. The third-order valence-corrected chi connectivity index (χ3v) is 5.93. The molecule has 0 saturated heterocycles. The van der Waals surface area contributed by atoms with E-state index in [0.29, 0.717) is 41.0 Å². The molecule has 4 heterocycles. The van der Waals surface area contributed by atoms with Gasteiger partial charge in [-0.15, -0.1) is 0 Å². The Balaban J connectivity index is 1.33. The summed E-state index contributed by atoms with van der Waals surface area (Å²) in [6.45, 7) is 0.276. The van der Waals surface area contributed by atoms with Gasteiger partial charge in [0.05, 0.1) is 30.2 Å². The minimum Gasteiger partial charge on any atom is -0.392 e. The Morgan fingerprint density at radius 1 is 0.919 bits per heavy atom. The summed E-state index contributed by atoms with van der Waals surface area (Å²) in [5.41, 5.74) is 5.79. The summed E-state index contributed by atoms with van der Waals surface area (Å²) >= 11 is 0. The molecule has 0 amide bonds. The number of aromatic nitrogens is 5. The molecule has 37 heavy (non-hydrogen) atoms. The van der Waals surface area contributed by atoms with Crippen LogP contribution in [0.5, 0.6) is 0 Å². The molecule has 9 heteroatoms. The molecule has 6 aromatic rings. The van der Waals surface area contributed by atoms with Crippen LogP contribution in [0.3, 0.4) is 0 Å². The van der Waals surface area contributed by atoms with Gasteiger partial charge in [0.15, 0.2) is 5.76 Å². The molecule has 0 spiro atoms. The first-order valence-electron chi connectivity index (χ1n) is 11.6. The number of aliphatic hydroxyl groups is 1. The van der Waals surface area contributed by atoms with Gasteiger partial charge in [-0.3, -0.25) is 4.40 Å². The van der Waals surface area contributed by atoms with E-state index in [1.54, 1.807) is 24.4 Å². The van der Waals surface area contributed by atoms with Crippen molar-refractivity contribution in [1.29, 1.82) is 0 Å². The quantitative estimate of drug-likeness (QED) is 0.309. The fourth-order valence-corrected chi connectivity index (χ4v) is 4.12. The molecule has 0 unspecified atom stereocenters. The van der Waals surface area contributed by atoms with Crippen molar-refractivity contribution in [3.05, 3.63) is 108 Å². The molecule has 0 saturated carbocycles. The molecule has 0 aliphatic heterocycles. The summed E-state index contributed by atoms with van der Waals surface area (Å²) in [5.74, 6) is 0.770. The maximum absolute atomic E-state index is 13.6. The lowest BCUT2D eigenvalue weighted by molar-refractivity contribution is 0.282. The summed E-state index contributed by atoms with van der Waals surface area (Å²) in [5, 5.41) is 16.9. The van der Waals surface area contributed by atoms with E-state index in [9.17, 15) is 9.50 Å². The van der Waals surface area contributed by atoms with E-state index in [0.717, 1.165) is 22.4 Å². The third kappa shape index (κ3) is 4.55. The van der Waals surface area contributed by atoms with Gasteiger partial charge in [0, 0.05) is 29.6 Å². The number of nitrogens with one attached hydrogen (secondary N) is 1. The Morgan fingerprint density at radius 3 is 2.57 bits per heavy atom. The van der Waals surface area contributed by atoms with Crippen molar-refractivity contribution in [3.8, 4) is 34.0 Å². The maximum Gasteiger partial charge on any atom is 0.223 e. The van der Waals surface area contributed by atoms with E-state index in [1.165, 1.54) is 12.1 Å². The van der Waals surface area contributed by atoms with Gasteiger partial charge < -0.3 is 14.9 Å². The molecule has 8 nitrogen and oxygen atoms in total. The zero-order valence-corrected chi connectivity index (χ0v) is 19.5. The van der Waals surface area contributed by atoms with Gasteiger partial charge in [0.1, 0.15) is 17.2 Å². The molecule has 0 aliphatic rings. The number of pyridine rings is 1. The molecule has 4 aromatic heterocycles. The molecule has 2 N–H and O–H groups in total. The molecule has 2 aromatic carbocycles. The Bertz CT molecular complexity index is 1680. The van der Waals surface area contributed by atoms with Crippen molar-refractivity contribution in [1.82, 2.24) is 24.5 Å². The third-order valence-electron chi connectivity index (χ3n) is 5.93. The van der Waals surface area contributed by atoms with Crippen LogP contribution in [0, 0.1) is 5.82 Å². The van der Waals surface area contributed by atoms with E-state index >= 15 is 0 Å². The predicted octanol–water partition coefficient (Wildman–Crippen LogP) is 5.36. The van der Waals surface area contributed by atoms with E-state index in [-0.39, 0.29) is 12.4 Å². The van der Waals surface area contributed by atoms with Crippen LogP contribution in [-0.2, 0) is 13.2 Å². The lowest BCUT2D eigenvalue weighted by Crippen LogP contribution is -2.04. The highest BCUT2D eigenvalue weighted by Crippen LogP contribution is 2.32. The van der Waals surface area contributed by atoms with E-state index in [4.69, 9.17) is 14.5 Å². The summed E-state index contributed by atoms with van der Waals surface area (Å²) in [6.07, 6.45) is 3.50. The van der Waals surface area contributed by atoms with Gasteiger partial charge in [-0.1, -0.05) is 35.5 Å². The van der Waals surface area contributed by atoms with Crippen LogP contribution in [0.2, 0.25) is 0 Å². The fourth-order valence-electron chi connectivity index (χ4n) is 4.12. The largest absolute Gasteiger partial charge is 0.392 e. The Labute approximate surface area is 211 Å². The number of benzene rings is 2. The zero-order valence-electron chi connectivity index (χ0n) is 19.5. The summed E-state index contributed by atoms with van der Waals surface area (Å²) < 4.78 is 21.0. The van der Waals surface area contributed by atoms with Crippen molar-refractivity contribution >= 4 is 11.6 Å². The standard InChI is InChI=1S/C28H21FN6O2/c29-21-8-6-20(7-9-21)26-27(35-13-11-18(17-36)14-25(35)33-26)23-10-12-30-28(32-23)31-16-22-15-24(37-34-22)19-4-2-1-3-5-19/h1-15,36H,16-17H2,(H,30,31,32). The van der Waals surface area contributed by atoms with Crippen LogP contribution in [0.25, 0.3) is 39.6 Å². The van der Waals surface area contributed by atoms with Crippen LogP contribution >= 0.6 is 0 Å². The summed E-state index contributed by atoms with van der Waals surface area (Å²) in [4.78, 5) is 13.9. The highest BCUT2D eigenvalue weighted by Gasteiger charge is 2.18. The van der Waals surface area contributed by atoms with Crippen molar-refractivity contribution < 1.29 is 14.0 Å². The molecule has 0 bridgehead atoms. The highest BCUT2D eigenvalue weighted by atomic mass is 19.1. The monoisotopic (exact) mass is 492 g/mol. The number of hydrogen-bond acceptors (Lipinski definition) is 7. The van der Waals surface area contributed by atoms with E-state index < -0.39 is 0 Å². The number of hydrogen-bond donors (Lipinski definition) is 2.